The largest absolute Gasteiger partial charge is 0.392 e. The molecule has 3 heteroatoms. The molecule has 0 bridgehead atoms. The van der Waals surface area contributed by atoms with Crippen molar-refractivity contribution < 1.29 is 5.11 Å². The molecule has 0 atom stereocenters. The van der Waals surface area contributed by atoms with Crippen LogP contribution in [0.25, 0.3) is 0 Å². The van der Waals surface area contributed by atoms with Crippen LogP contribution < -0.4 is 4.90 Å². The molecule has 18 heavy (non-hydrogen) atoms. The van der Waals surface area contributed by atoms with Crippen LogP contribution in [0.5, 0.6) is 0 Å². The lowest BCUT2D eigenvalue weighted by molar-refractivity contribution is 0.282. The van der Waals surface area contributed by atoms with Crippen molar-refractivity contribution in [3.63, 3.8) is 0 Å². The van der Waals surface area contributed by atoms with Gasteiger partial charge in [0.15, 0.2) is 0 Å². The molecule has 1 N–H and O–H groups in total. The second kappa shape index (κ2) is 6.17. The van der Waals surface area contributed by atoms with Gasteiger partial charge >= 0.3 is 0 Å². The summed E-state index contributed by atoms with van der Waals surface area (Å²) in [7, 11) is 2.03. The van der Waals surface area contributed by atoms with E-state index in [1.165, 1.54) is 5.56 Å². The first-order valence-electron chi connectivity index (χ1n) is 6.10. The van der Waals surface area contributed by atoms with Crippen molar-refractivity contribution in [1.82, 2.24) is 4.98 Å². The summed E-state index contributed by atoms with van der Waals surface area (Å²) in [5.74, 6) is 0. The van der Waals surface area contributed by atoms with Crippen LogP contribution in [0, 0.1) is 0 Å². The maximum atomic E-state index is 9.30. The zero-order valence-electron chi connectivity index (χ0n) is 10.6. The third-order valence-electron chi connectivity index (χ3n) is 3.05. The van der Waals surface area contributed by atoms with E-state index in [1.807, 2.05) is 19.2 Å². The van der Waals surface area contributed by atoms with Crippen molar-refractivity contribution in [2.24, 2.45) is 0 Å². The van der Waals surface area contributed by atoms with Gasteiger partial charge in [-0.2, -0.15) is 0 Å². The number of pyridine rings is 1. The van der Waals surface area contributed by atoms with Gasteiger partial charge in [-0.05, 0) is 18.1 Å². The number of nitrogens with zero attached hydrogens (tertiary/aromatic N) is 2. The lowest BCUT2D eigenvalue weighted by atomic mass is 10.1. The van der Waals surface area contributed by atoms with Crippen LogP contribution in [0.3, 0.4) is 0 Å². The molecule has 3 nitrogen and oxygen atoms in total. The normalized spacial score (nSPS) is 10.3. The van der Waals surface area contributed by atoms with Gasteiger partial charge in [0.2, 0.25) is 0 Å². The van der Waals surface area contributed by atoms with Crippen molar-refractivity contribution in [2.75, 3.05) is 18.5 Å². The number of hydrogen-bond donors (Lipinski definition) is 1. The molecule has 0 aliphatic carbocycles. The molecule has 0 amide bonds. The number of benzene rings is 1. The molecule has 94 valence electrons. The van der Waals surface area contributed by atoms with E-state index in [0.29, 0.717) is 0 Å². The number of aliphatic hydroxyl groups is 1. The first-order chi connectivity index (χ1) is 8.81. The van der Waals surface area contributed by atoms with Gasteiger partial charge in [-0.15, -0.1) is 0 Å². The van der Waals surface area contributed by atoms with Crippen molar-refractivity contribution in [3.05, 3.63) is 59.9 Å². The first kappa shape index (κ1) is 12.6. The molecule has 0 aliphatic heterocycles. The van der Waals surface area contributed by atoms with Crippen LogP contribution in [-0.4, -0.2) is 23.7 Å². The molecule has 0 fully saturated rings. The highest BCUT2D eigenvalue weighted by molar-refractivity contribution is 5.50. The molecule has 0 radical (unpaired) electrons. The fourth-order valence-corrected chi connectivity index (χ4v) is 1.95. The van der Waals surface area contributed by atoms with Crippen LogP contribution in [-0.2, 0) is 13.0 Å². The predicted molar refractivity (Wildman–Crippen MR) is 73.6 cm³/mol. The second-order valence-corrected chi connectivity index (χ2v) is 4.32. The standard InChI is InChI=1S/C15H18N2O/c1-17(10-8-13-5-3-2-4-6-13)15-11-16-9-7-14(15)12-18/h2-7,9,11,18H,8,10,12H2,1H3. The van der Waals surface area contributed by atoms with Gasteiger partial charge in [-0.3, -0.25) is 4.98 Å². The summed E-state index contributed by atoms with van der Waals surface area (Å²) < 4.78 is 0. The Morgan fingerprint density at radius 3 is 2.67 bits per heavy atom. The van der Waals surface area contributed by atoms with Crippen LogP contribution in [0.15, 0.2) is 48.8 Å². The Balaban J connectivity index is 2.01. The van der Waals surface area contributed by atoms with Crippen LogP contribution in [0.2, 0.25) is 0 Å². The average molecular weight is 242 g/mol. The zero-order valence-corrected chi connectivity index (χ0v) is 10.6. The van der Waals surface area contributed by atoms with E-state index in [4.69, 9.17) is 0 Å². The van der Waals surface area contributed by atoms with Crippen LogP contribution in [0.4, 0.5) is 5.69 Å². The second-order valence-electron chi connectivity index (χ2n) is 4.32. The molecular weight excluding hydrogens is 224 g/mol. The van der Waals surface area contributed by atoms with Crippen molar-refractivity contribution in [3.8, 4) is 0 Å². The smallest absolute Gasteiger partial charge is 0.0703 e. The minimum absolute atomic E-state index is 0.0491. The Morgan fingerprint density at radius 1 is 1.17 bits per heavy atom. The van der Waals surface area contributed by atoms with Crippen molar-refractivity contribution in [1.29, 1.82) is 0 Å². The molecule has 2 aromatic rings. The Kier molecular flexibility index (Phi) is 4.31. The van der Waals surface area contributed by atoms with Crippen molar-refractivity contribution >= 4 is 5.69 Å². The molecule has 0 saturated carbocycles. The highest BCUT2D eigenvalue weighted by Gasteiger charge is 2.06. The molecular formula is C15H18N2O. The van der Waals surface area contributed by atoms with E-state index >= 15 is 0 Å². The summed E-state index contributed by atoms with van der Waals surface area (Å²) >= 11 is 0. The summed E-state index contributed by atoms with van der Waals surface area (Å²) in [6.07, 6.45) is 4.49. The van der Waals surface area contributed by atoms with Crippen molar-refractivity contribution in [2.45, 2.75) is 13.0 Å². The quantitative estimate of drug-likeness (QED) is 0.873. The fraction of sp³-hybridized carbons (Fsp3) is 0.267. The molecule has 0 unspecified atom stereocenters. The maximum absolute atomic E-state index is 9.30. The monoisotopic (exact) mass is 242 g/mol. The summed E-state index contributed by atoms with van der Waals surface area (Å²) in [6.45, 7) is 0.955. The highest BCUT2D eigenvalue weighted by atomic mass is 16.3. The van der Waals surface area contributed by atoms with E-state index in [0.717, 1.165) is 24.2 Å². The minimum atomic E-state index is 0.0491. The lowest BCUT2D eigenvalue weighted by Gasteiger charge is -2.21. The topological polar surface area (TPSA) is 36.4 Å². The predicted octanol–water partition coefficient (Wildman–Crippen LogP) is 2.25. The van der Waals surface area contributed by atoms with E-state index in [9.17, 15) is 5.11 Å². The number of likely N-dealkylation sites (N-methyl/N-ethyl adjacent to an activating group) is 1. The summed E-state index contributed by atoms with van der Waals surface area (Å²) in [5, 5.41) is 9.30. The van der Waals surface area contributed by atoms with Gasteiger partial charge < -0.3 is 10.0 Å². The van der Waals surface area contributed by atoms with Crippen LogP contribution in [0.1, 0.15) is 11.1 Å². The zero-order chi connectivity index (χ0) is 12.8. The van der Waals surface area contributed by atoms with Gasteiger partial charge in [-0.25, -0.2) is 0 Å². The molecule has 1 heterocycles. The third-order valence-corrected chi connectivity index (χ3v) is 3.05. The molecule has 0 spiro atoms. The number of aromatic nitrogens is 1. The molecule has 0 aliphatic rings. The molecule has 1 aromatic carbocycles. The van der Waals surface area contributed by atoms with Gasteiger partial charge in [0.25, 0.3) is 0 Å². The summed E-state index contributed by atoms with van der Waals surface area (Å²) in [4.78, 5) is 6.25. The Labute approximate surface area is 108 Å². The van der Waals surface area contributed by atoms with Gasteiger partial charge in [-0.1, -0.05) is 30.3 Å². The van der Waals surface area contributed by atoms with E-state index < -0.39 is 0 Å². The Bertz CT molecular complexity index is 485. The summed E-state index contributed by atoms with van der Waals surface area (Å²) in [6, 6.07) is 12.2. The van der Waals surface area contributed by atoms with Gasteiger partial charge in [0, 0.05) is 25.4 Å². The number of anilines is 1. The lowest BCUT2D eigenvalue weighted by Crippen LogP contribution is -2.21. The highest BCUT2D eigenvalue weighted by Crippen LogP contribution is 2.17. The Morgan fingerprint density at radius 2 is 1.94 bits per heavy atom. The minimum Gasteiger partial charge on any atom is -0.392 e. The SMILES string of the molecule is CN(CCc1ccccc1)c1cnccc1CO. The van der Waals surface area contributed by atoms with E-state index in [1.54, 1.807) is 12.4 Å². The van der Waals surface area contributed by atoms with E-state index in [-0.39, 0.29) is 6.61 Å². The van der Waals surface area contributed by atoms with E-state index in [2.05, 4.69) is 34.1 Å². The van der Waals surface area contributed by atoms with Crippen LogP contribution >= 0.6 is 0 Å². The third kappa shape index (κ3) is 3.08. The maximum Gasteiger partial charge on any atom is 0.0703 e. The number of aliphatic hydroxyl groups excluding tert-OH is 1. The first-order valence-corrected chi connectivity index (χ1v) is 6.10. The Hall–Kier alpha value is -1.87. The molecule has 2 rings (SSSR count). The molecule has 1 aromatic heterocycles. The summed E-state index contributed by atoms with van der Waals surface area (Å²) in [5.41, 5.74) is 3.23. The van der Waals surface area contributed by atoms with Gasteiger partial charge in [0.05, 0.1) is 18.5 Å². The number of rotatable bonds is 5. The van der Waals surface area contributed by atoms with Gasteiger partial charge in [0.1, 0.15) is 0 Å². The molecule has 0 saturated heterocycles. The number of hydrogen-bond acceptors (Lipinski definition) is 3. The average Bonchev–Trinajstić information content (AvgIpc) is 2.45. The fourth-order valence-electron chi connectivity index (χ4n) is 1.95.